The highest BCUT2D eigenvalue weighted by molar-refractivity contribution is 7.80. The minimum Gasteiger partial charge on any atom is -0.299 e. The van der Waals surface area contributed by atoms with Gasteiger partial charge in [0.15, 0.2) is 0 Å². The fourth-order valence-electron chi connectivity index (χ4n) is 2.84. The summed E-state index contributed by atoms with van der Waals surface area (Å²) < 4.78 is 0. The Morgan fingerprint density at radius 3 is 2.80 bits per heavy atom. The van der Waals surface area contributed by atoms with Gasteiger partial charge in [0, 0.05) is 37.5 Å². The zero-order valence-corrected chi connectivity index (χ0v) is 10.5. The molecule has 2 aliphatic heterocycles. The first-order chi connectivity index (χ1) is 7.31. The Balaban J connectivity index is 1.86. The average molecular weight is 226 g/mol. The molecule has 3 heteroatoms. The number of thiol groups is 1. The SMILES string of the molecule is CN1C2CCC1CN(CC=CCS)CC2. The molecule has 0 aromatic carbocycles. The van der Waals surface area contributed by atoms with Gasteiger partial charge in [-0.15, -0.1) is 0 Å². The second-order valence-corrected chi connectivity index (χ2v) is 5.12. The Kier molecular flexibility index (Phi) is 4.12. The molecule has 2 heterocycles. The molecule has 0 N–H and O–H groups in total. The molecule has 86 valence electrons. The molecule has 2 unspecified atom stereocenters. The van der Waals surface area contributed by atoms with Gasteiger partial charge >= 0.3 is 0 Å². The molecule has 2 aliphatic rings. The van der Waals surface area contributed by atoms with Gasteiger partial charge in [-0.3, -0.25) is 9.80 Å². The Morgan fingerprint density at radius 2 is 2.00 bits per heavy atom. The lowest BCUT2D eigenvalue weighted by molar-refractivity contribution is 0.228. The lowest BCUT2D eigenvalue weighted by Crippen LogP contribution is -2.36. The molecule has 2 atom stereocenters. The van der Waals surface area contributed by atoms with Crippen LogP contribution in [0.3, 0.4) is 0 Å². The van der Waals surface area contributed by atoms with Gasteiger partial charge in [-0.05, 0) is 26.3 Å². The molecule has 0 saturated carbocycles. The summed E-state index contributed by atoms with van der Waals surface area (Å²) in [7, 11) is 2.30. The Labute approximate surface area is 98.7 Å². The Bertz CT molecular complexity index is 230. The number of fused-ring (bicyclic) bond motifs is 2. The van der Waals surface area contributed by atoms with Gasteiger partial charge in [-0.1, -0.05) is 12.2 Å². The van der Waals surface area contributed by atoms with Crippen LogP contribution in [-0.2, 0) is 0 Å². The quantitative estimate of drug-likeness (QED) is 0.577. The van der Waals surface area contributed by atoms with Crippen molar-refractivity contribution in [2.75, 3.05) is 32.4 Å². The number of nitrogens with zero attached hydrogens (tertiary/aromatic N) is 2. The van der Waals surface area contributed by atoms with Crippen LogP contribution < -0.4 is 0 Å². The monoisotopic (exact) mass is 226 g/mol. The Morgan fingerprint density at radius 1 is 1.20 bits per heavy atom. The van der Waals surface area contributed by atoms with Crippen molar-refractivity contribution in [2.24, 2.45) is 0 Å². The lowest BCUT2D eigenvalue weighted by atomic mass is 10.1. The first-order valence-electron chi connectivity index (χ1n) is 6.01. The van der Waals surface area contributed by atoms with E-state index in [9.17, 15) is 0 Å². The predicted molar refractivity (Wildman–Crippen MR) is 68.6 cm³/mol. The summed E-state index contributed by atoms with van der Waals surface area (Å²) in [6, 6.07) is 1.66. The third kappa shape index (κ3) is 2.77. The number of hydrogen-bond donors (Lipinski definition) is 1. The third-order valence-corrected chi connectivity index (χ3v) is 4.08. The molecule has 2 rings (SSSR count). The van der Waals surface area contributed by atoms with Crippen molar-refractivity contribution in [3.63, 3.8) is 0 Å². The maximum absolute atomic E-state index is 4.18. The highest BCUT2D eigenvalue weighted by Crippen LogP contribution is 2.28. The summed E-state index contributed by atoms with van der Waals surface area (Å²) in [5.41, 5.74) is 0. The van der Waals surface area contributed by atoms with Gasteiger partial charge in [-0.25, -0.2) is 0 Å². The van der Waals surface area contributed by atoms with Crippen LogP contribution in [-0.4, -0.2) is 54.3 Å². The van der Waals surface area contributed by atoms with E-state index < -0.39 is 0 Å². The van der Waals surface area contributed by atoms with Gasteiger partial charge in [0.2, 0.25) is 0 Å². The van der Waals surface area contributed by atoms with Crippen molar-refractivity contribution in [1.82, 2.24) is 9.80 Å². The van der Waals surface area contributed by atoms with E-state index in [1.54, 1.807) is 0 Å². The number of hydrogen-bond acceptors (Lipinski definition) is 3. The van der Waals surface area contributed by atoms with Gasteiger partial charge in [0.25, 0.3) is 0 Å². The minimum absolute atomic E-state index is 0.807. The standard InChI is InChI=1S/C12H22N2S/c1-13-11-4-5-12(13)10-14(8-6-11)7-2-3-9-15/h2-3,11-12,15H,4-10H2,1H3. The van der Waals surface area contributed by atoms with E-state index >= 15 is 0 Å². The highest BCUT2D eigenvalue weighted by atomic mass is 32.1. The van der Waals surface area contributed by atoms with E-state index in [0.717, 1.165) is 24.4 Å². The minimum atomic E-state index is 0.807. The van der Waals surface area contributed by atoms with Crippen LogP contribution >= 0.6 is 12.6 Å². The molecule has 2 bridgehead atoms. The van der Waals surface area contributed by atoms with Crippen molar-refractivity contribution in [1.29, 1.82) is 0 Å². The van der Waals surface area contributed by atoms with Gasteiger partial charge in [0.1, 0.15) is 0 Å². The molecule has 15 heavy (non-hydrogen) atoms. The van der Waals surface area contributed by atoms with Crippen molar-refractivity contribution in [2.45, 2.75) is 31.3 Å². The van der Waals surface area contributed by atoms with E-state index in [4.69, 9.17) is 0 Å². The van der Waals surface area contributed by atoms with Crippen LogP contribution in [0, 0.1) is 0 Å². The molecule has 0 aliphatic carbocycles. The molecule has 2 fully saturated rings. The predicted octanol–water partition coefficient (Wildman–Crippen LogP) is 1.64. The molecule has 0 radical (unpaired) electrons. The van der Waals surface area contributed by atoms with E-state index in [0.29, 0.717) is 0 Å². The summed E-state index contributed by atoms with van der Waals surface area (Å²) in [5, 5.41) is 0. The van der Waals surface area contributed by atoms with Crippen molar-refractivity contribution >= 4 is 12.6 Å². The highest BCUT2D eigenvalue weighted by Gasteiger charge is 2.33. The lowest BCUT2D eigenvalue weighted by Gasteiger charge is -2.24. The first kappa shape index (κ1) is 11.5. The summed E-state index contributed by atoms with van der Waals surface area (Å²) in [6.07, 6.45) is 8.57. The van der Waals surface area contributed by atoms with Crippen molar-refractivity contribution in [3.8, 4) is 0 Å². The topological polar surface area (TPSA) is 6.48 Å². The summed E-state index contributed by atoms with van der Waals surface area (Å²) in [6.45, 7) is 3.63. The first-order valence-corrected chi connectivity index (χ1v) is 6.64. The summed E-state index contributed by atoms with van der Waals surface area (Å²) in [4.78, 5) is 5.18. The zero-order valence-electron chi connectivity index (χ0n) is 9.60. The summed E-state index contributed by atoms with van der Waals surface area (Å²) >= 11 is 4.18. The molecule has 0 aromatic rings. The van der Waals surface area contributed by atoms with Gasteiger partial charge < -0.3 is 0 Å². The molecular formula is C12H22N2S. The molecule has 2 nitrogen and oxygen atoms in total. The van der Waals surface area contributed by atoms with Crippen molar-refractivity contribution < 1.29 is 0 Å². The molecule has 0 aromatic heterocycles. The third-order valence-electron chi connectivity index (χ3n) is 3.87. The van der Waals surface area contributed by atoms with E-state index in [1.165, 1.54) is 32.4 Å². The van der Waals surface area contributed by atoms with Crippen LogP contribution in [0.25, 0.3) is 0 Å². The molecule has 2 saturated heterocycles. The van der Waals surface area contributed by atoms with E-state index in [1.807, 2.05) is 0 Å². The van der Waals surface area contributed by atoms with Crippen molar-refractivity contribution in [3.05, 3.63) is 12.2 Å². The fraction of sp³-hybridized carbons (Fsp3) is 0.833. The number of rotatable bonds is 3. The van der Waals surface area contributed by atoms with E-state index in [-0.39, 0.29) is 0 Å². The maximum atomic E-state index is 4.18. The average Bonchev–Trinajstić information content (AvgIpc) is 2.46. The second-order valence-electron chi connectivity index (χ2n) is 4.75. The van der Waals surface area contributed by atoms with E-state index in [2.05, 4.69) is 41.6 Å². The number of likely N-dealkylation sites (N-methyl/N-ethyl adjacent to an activating group) is 1. The maximum Gasteiger partial charge on any atom is 0.0223 e. The van der Waals surface area contributed by atoms with Gasteiger partial charge in [0.05, 0.1) is 0 Å². The molecule has 0 amide bonds. The van der Waals surface area contributed by atoms with Crippen LogP contribution in [0.15, 0.2) is 12.2 Å². The smallest absolute Gasteiger partial charge is 0.0223 e. The molecule has 0 spiro atoms. The summed E-state index contributed by atoms with van der Waals surface area (Å²) in [5.74, 6) is 0.861. The van der Waals surface area contributed by atoms with Gasteiger partial charge in [-0.2, -0.15) is 12.6 Å². The molecular weight excluding hydrogens is 204 g/mol. The van der Waals surface area contributed by atoms with Crippen LogP contribution in [0.4, 0.5) is 0 Å². The van der Waals surface area contributed by atoms with Crippen LogP contribution in [0.5, 0.6) is 0 Å². The fourth-order valence-corrected chi connectivity index (χ4v) is 2.99. The van der Waals surface area contributed by atoms with Crippen LogP contribution in [0.1, 0.15) is 19.3 Å². The largest absolute Gasteiger partial charge is 0.299 e. The Hall–Kier alpha value is 0.01000. The zero-order chi connectivity index (χ0) is 10.7. The second kappa shape index (κ2) is 5.37. The number of likely N-dealkylation sites (tertiary alicyclic amines) is 1. The normalized spacial score (nSPS) is 33.7. The van der Waals surface area contributed by atoms with Crippen LogP contribution in [0.2, 0.25) is 0 Å².